The number of hydrogen-bond donors (Lipinski definition) is 1. The molecule has 0 bridgehead atoms. The molecular formula is C12H13N3. The predicted molar refractivity (Wildman–Crippen MR) is 59.8 cm³/mol. The Morgan fingerprint density at radius 3 is 3.13 bits per heavy atom. The third-order valence-corrected chi connectivity index (χ3v) is 2.96. The van der Waals surface area contributed by atoms with Crippen LogP contribution in [0.2, 0.25) is 0 Å². The molecular weight excluding hydrogens is 186 g/mol. The van der Waals surface area contributed by atoms with E-state index < -0.39 is 0 Å². The van der Waals surface area contributed by atoms with Crippen LogP contribution in [0.15, 0.2) is 30.5 Å². The summed E-state index contributed by atoms with van der Waals surface area (Å²) in [5.41, 5.74) is 2.04. The van der Waals surface area contributed by atoms with Gasteiger partial charge in [-0.15, -0.1) is 0 Å². The highest BCUT2D eigenvalue weighted by atomic mass is 14.9. The fraction of sp³-hybridized carbons (Fsp3) is 0.333. The van der Waals surface area contributed by atoms with Crippen molar-refractivity contribution < 1.29 is 0 Å². The van der Waals surface area contributed by atoms with Crippen LogP contribution in [0.25, 0.3) is 11.0 Å². The highest BCUT2D eigenvalue weighted by Gasteiger charge is 2.17. The summed E-state index contributed by atoms with van der Waals surface area (Å²) in [5, 5.41) is 4.48. The molecule has 3 heterocycles. The fourth-order valence-electron chi connectivity index (χ4n) is 2.10. The zero-order valence-electron chi connectivity index (χ0n) is 8.48. The molecule has 1 fully saturated rings. The van der Waals surface area contributed by atoms with Crippen molar-refractivity contribution in [2.24, 2.45) is 0 Å². The lowest BCUT2D eigenvalue weighted by Crippen LogP contribution is -2.08. The number of nitrogens with one attached hydrogen (secondary N) is 1. The average molecular weight is 199 g/mol. The van der Waals surface area contributed by atoms with Gasteiger partial charge in [-0.3, -0.25) is 0 Å². The summed E-state index contributed by atoms with van der Waals surface area (Å²) in [6.45, 7) is 2.15. The number of aromatic nitrogens is 2. The van der Waals surface area contributed by atoms with Crippen LogP contribution in [0.4, 0.5) is 0 Å². The first-order chi connectivity index (χ1) is 7.43. The van der Waals surface area contributed by atoms with Crippen molar-refractivity contribution in [2.75, 3.05) is 13.1 Å². The van der Waals surface area contributed by atoms with E-state index in [4.69, 9.17) is 0 Å². The molecule has 0 saturated carbocycles. The Labute approximate surface area is 88.6 Å². The van der Waals surface area contributed by atoms with Crippen LogP contribution < -0.4 is 5.32 Å². The van der Waals surface area contributed by atoms with Crippen molar-refractivity contribution in [3.05, 3.63) is 36.2 Å². The normalized spacial score (nSPS) is 20.9. The second-order valence-corrected chi connectivity index (χ2v) is 3.98. The molecule has 1 saturated heterocycles. The molecule has 3 rings (SSSR count). The fourth-order valence-corrected chi connectivity index (χ4v) is 2.10. The summed E-state index contributed by atoms with van der Waals surface area (Å²) in [7, 11) is 0. The minimum atomic E-state index is 0.566. The molecule has 1 unspecified atom stereocenters. The third-order valence-electron chi connectivity index (χ3n) is 2.96. The second kappa shape index (κ2) is 3.59. The first kappa shape index (κ1) is 8.80. The zero-order valence-corrected chi connectivity index (χ0v) is 8.48. The van der Waals surface area contributed by atoms with E-state index in [-0.39, 0.29) is 0 Å². The maximum atomic E-state index is 4.61. The van der Waals surface area contributed by atoms with E-state index in [1.807, 2.05) is 12.1 Å². The van der Waals surface area contributed by atoms with Crippen LogP contribution >= 0.6 is 0 Å². The van der Waals surface area contributed by atoms with E-state index in [1.54, 1.807) is 6.20 Å². The van der Waals surface area contributed by atoms with Crippen molar-refractivity contribution in [1.29, 1.82) is 0 Å². The van der Waals surface area contributed by atoms with E-state index in [1.165, 1.54) is 12.1 Å². The quantitative estimate of drug-likeness (QED) is 0.759. The molecule has 2 aromatic rings. The summed E-state index contributed by atoms with van der Waals surface area (Å²) in [6, 6.07) is 8.23. The highest BCUT2D eigenvalue weighted by molar-refractivity contribution is 5.74. The van der Waals surface area contributed by atoms with Gasteiger partial charge in [0.2, 0.25) is 0 Å². The van der Waals surface area contributed by atoms with Crippen molar-refractivity contribution in [3.63, 3.8) is 0 Å². The summed E-state index contributed by atoms with van der Waals surface area (Å²) in [5.74, 6) is 0.566. The molecule has 1 aliphatic rings. The molecule has 1 N–H and O–H groups in total. The van der Waals surface area contributed by atoms with Gasteiger partial charge in [0.25, 0.3) is 0 Å². The van der Waals surface area contributed by atoms with Crippen LogP contribution in [-0.4, -0.2) is 23.1 Å². The van der Waals surface area contributed by atoms with Gasteiger partial charge in [-0.05, 0) is 37.2 Å². The highest BCUT2D eigenvalue weighted by Crippen LogP contribution is 2.21. The standard InChI is InChI=1S/C12H13N3/c1-2-9-3-4-11(10-5-7-13-8-10)15-12(9)14-6-1/h1-4,6,10,13H,5,7-8H2. The molecule has 0 radical (unpaired) electrons. The van der Waals surface area contributed by atoms with Crippen molar-refractivity contribution >= 4 is 11.0 Å². The maximum Gasteiger partial charge on any atom is 0.159 e. The topological polar surface area (TPSA) is 37.8 Å². The van der Waals surface area contributed by atoms with Crippen molar-refractivity contribution in [3.8, 4) is 0 Å². The molecule has 76 valence electrons. The first-order valence-electron chi connectivity index (χ1n) is 5.36. The molecule has 3 heteroatoms. The lowest BCUT2D eigenvalue weighted by molar-refractivity contribution is 0.738. The predicted octanol–water partition coefficient (Wildman–Crippen LogP) is 1.71. The van der Waals surface area contributed by atoms with Gasteiger partial charge in [0.15, 0.2) is 5.65 Å². The Morgan fingerprint density at radius 2 is 2.27 bits per heavy atom. The minimum Gasteiger partial charge on any atom is -0.316 e. The van der Waals surface area contributed by atoms with Gasteiger partial charge in [-0.1, -0.05) is 0 Å². The number of hydrogen-bond acceptors (Lipinski definition) is 3. The van der Waals surface area contributed by atoms with Crippen LogP contribution in [0.3, 0.4) is 0 Å². The monoisotopic (exact) mass is 199 g/mol. The molecule has 2 aromatic heterocycles. The number of rotatable bonds is 1. The van der Waals surface area contributed by atoms with Crippen LogP contribution in [0.1, 0.15) is 18.0 Å². The van der Waals surface area contributed by atoms with Gasteiger partial charge >= 0.3 is 0 Å². The minimum absolute atomic E-state index is 0.566. The lowest BCUT2D eigenvalue weighted by atomic mass is 10.0. The van der Waals surface area contributed by atoms with Crippen molar-refractivity contribution in [2.45, 2.75) is 12.3 Å². The third kappa shape index (κ3) is 1.59. The summed E-state index contributed by atoms with van der Waals surface area (Å²) >= 11 is 0. The molecule has 0 aliphatic carbocycles. The van der Waals surface area contributed by atoms with Gasteiger partial charge < -0.3 is 5.32 Å². The molecule has 3 nitrogen and oxygen atoms in total. The van der Waals surface area contributed by atoms with Gasteiger partial charge in [-0.2, -0.15) is 0 Å². The largest absolute Gasteiger partial charge is 0.316 e. The molecule has 0 aromatic carbocycles. The van der Waals surface area contributed by atoms with Gasteiger partial charge in [0.1, 0.15) is 0 Å². The number of pyridine rings is 2. The number of nitrogens with zero attached hydrogens (tertiary/aromatic N) is 2. The Kier molecular flexibility index (Phi) is 2.10. The maximum absolute atomic E-state index is 4.61. The molecule has 1 atom stereocenters. The molecule has 0 spiro atoms. The lowest BCUT2D eigenvalue weighted by Gasteiger charge is -2.07. The Hall–Kier alpha value is -1.48. The smallest absolute Gasteiger partial charge is 0.159 e. The summed E-state index contributed by atoms with van der Waals surface area (Å²) < 4.78 is 0. The van der Waals surface area contributed by atoms with Crippen molar-refractivity contribution in [1.82, 2.24) is 15.3 Å². The van der Waals surface area contributed by atoms with E-state index in [0.717, 1.165) is 24.1 Å². The molecule has 0 amide bonds. The summed E-state index contributed by atoms with van der Waals surface area (Å²) in [4.78, 5) is 8.89. The summed E-state index contributed by atoms with van der Waals surface area (Å²) in [6.07, 6.45) is 2.98. The van der Waals surface area contributed by atoms with Crippen LogP contribution in [0.5, 0.6) is 0 Å². The zero-order chi connectivity index (χ0) is 10.1. The first-order valence-corrected chi connectivity index (χ1v) is 5.36. The number of fused-ring (bicyclic) bond motifs is 1. The van der Waals surface area contributed by atoms with Gasteiger partial charge in [0.05, 0.1) is 0 Å². The van der Waals surface area contributed by atoms with E-state index in [0.29, 0.717) is 5.92 Å². The Balaban J connectivity index is 2.05. The van der Waals surface area contributed by atoms with Gasteiger partial charge in [-0.25, -0.2) is 9.97 Å². The Bertz CT molecular complexity index is 475. The average Bonchev–Trinajstić information content (AvgIpc) is 2.82. The molecule has 15 heavy (non-hydrogen) atoms. The van der Waals surface area contributed by atoms with Crippen LogP contribution in [-0.2, 0) is 0 Å². The second-order valence-electron chi connectivity index (χ2n) is 3.98. The SMILES string of the molecule is c1cnc2nc(C3CCNC3)ccc2c1. The van der Waals surface area contributed by atoms with E-state index in [9.17, 15) is 0 Å². The Morgan fingerprint density at radius 1 is 1.27 bits per heavy atom. The molecule has 1 aliphatic heterocycles. The van der Waals surface area contributed by atoms with E-state index in [2.05, 4.69) is 27.4 Å². The van der Waals surface area contributed by atoms with Crippen LogP contribution in [0, 0.1) is 0 Å². The van der Waals surface area contributed by atoms with E-state index >= 15 is 0 Å². The van der Waals surface area contributed by atoms with Gasteiger partial charge in [0, 0.05) is 29.7 Å².